The Morgan fingerprint density at radius 3 is 2.65 bits per heavy atom. The lowest BCUT2D eigenvalue weighted by molar-refractivity contribution is -0.141. The number of rotatable bonds is 7. The smallest absolute Gasteiger partial charge is 0.326 e. The van der Waals surface area contributed by atoms with Crippen molar-refractivity contribution in [3.8, 4) is 11.5 Å². The number of carbonyl (C=O) groups is 2. The van der Waals surface area contributed by atoms with Gasteiger partial charge in [0.15, 0.2) is 0 Å². The number of nitrogens with one attached hydrogen (secondary N) is 1. The van der Waals surface area contributed by atoms with E-state index in [0.29, 0.717) is 24.1 Å². The largest absolute Gasteiger partial charge is 0.480 e. The summed E-state index contributed by atoms with van der Waals surface area (Å²) in [5.74, 6) is -1.59. The molecule has 0 radical (unpaired) electrons. The van der Waals surface area contributed by atoms with Crippen molar-refractivity contribution >= 4 is 11.9 Å². The maximum Gasteiger partial charge on any atom is 0.326 e. The molecule has 0 aliphatic carbocycles. The van der Waals surface area contributed by atoms with E-state index in [-0.39, 0.29) is 18.1 Å². The first-order chi connectivity index (χ1) is 11.0. The molecule has 0 bridgehead atoms. The normalized spacial score (nSPS) is 11.9. The van der Waals surface area contributed by atoms with E-state index >= 15 is 0 Å². The summed E-state index contributed by atoms with van der Waals surface area (Å²) < 4.78 is 18.1. The van der Waals surface area contributed by atoms with Crippen molar-refractivity contribution < 1.29 is 23.5 Å². The molecule has 0 aliphatic heterocycles. The Bertz CT molecular complexity index is 682. The zero-order chi connectivity index (χ0) is 16.8. The monoisotopic (exact) mass is 320 g/mol. The number of nitrogens with zero attached hydrogens (tertiary/aromatic N) is 1. The maximum atomic E-state index is 12.9. The number of carboxylic acid groups (broad SMARTS) is 1. The van der Waals surface area contributed by atoms with Crippen LogP contribution in [0.1, 0.15) is 25.5 Å². The Morgan fingerprint density at radius 1 is 1.35 bits per heavy atom. The fourth-order valence-electron chi connectivity index (χ4n) is 2.07. The minimum Gasteiger partial charge on any atom is -0.480 e. The van der Waals surface area contributed by atoms with Gasteiger partial charge in [-0.15, -0.1) is 0 Å². The minimum atomic E-state index is -1.06. The van der Waals surface area contributed by atoms with Gasteiger partial charge in [0, 0.05) is 5.56 Å². The van der Waals surface area contributed by atoms with Crippen molar-refractivity contribution in [3.05, 3.63) is 42.0 Å². The highest BCUT2D eigenvalue weighted by Crippen LogP contribution is 2.19. The van der Waals surface area contributed by atoms with E-state index in [9.17, 15) is 14.0 Å². The highest BCUT2D eigenvalue weighted by atomic mass is 19.1. The molecular formula is C16H17FN2O4. The van der Waals surface area contributed by atoms with Crippen LogP contribution in [0.25, 0.3) is 11.5 Å². The molecule has 1 heterocycles. The lowest BCUT2D eigenvalue weighted by atomic mass is 10.1. The number of carboxylic acids is 1. The predicted octanol–water partition coefficient (Wildman–Crippen LogP) is 2.39. The summed E-state index contributed by atoms with van der Waals surface area (Å²) in [4.78, 5) is 27.1. The molecule has 0 saturated carbocycles. The topological polar surface area (TPSA) is 92.4 Å². The molecule has 0 spiro atoms. The zero-order valence-corrected chi connectivity index (χ0v) is 12.6. The van der Waals surface area contributed by atoms with Crippen molar-refractivity contribution in [2.24, 2.45) is 0 Å². The van der Waals surface area contributed by atoms with Crippen LogP contribution in [0.15, 0.2) is 34.9 Å². The summed E-state index contributed by atoms with van der Waals surface area (Å²) in [6.45, 7) is 1.84. The zero-order valence-electron chi connectivity index (χ0n) is 12.6. The Labute approximate surface area is 132 Å². The average Bonchev–Trinajstić information content (AvgIpc) is 2.95. The van der Waals surface area contributed by atoms with Gasteiger partial charge in [-0.25, -0.2) is 14.2 Å². The van der Waals surface area contributed by atoms with Crippen molar-refractivity contribution in [2.75, 3.05) is 0 Å². The molecular weight excluding hydrogens is 303 g/mol. The molecule has 1 amide bonds. The molecule has 2 aromatic rings. The van der Waals surface area contributed by atoms with E-state index in [1.807, 2.05) is 6.92 Å². The second-order valence-corrected chi connectivity index (χ2v) is 5.07. The van der Waals surface area contributed by atoms with E-state index in [0.717, 1.165) is 0 Å². The Hall–Kier alpha value is -2.70. The van der Waals surface area contributed by atoms with Gasteiger partial charge in [-0.2, -0.15) is 0 Å². The molecule has 1 unspecified atom stereocenters. The molecule has 2 N–H and O–H groups in total. The summed E-state index contributed by atoms with van der Waals surface area (Å²) >= 11 is 0. The van der Waals surface area contributed by atoms with Gasteiger partial charge in [-0.1, -0.05) is 13.3 Å². The number of aliphatic carboxylic acids is 1. The first-order valence-electron chi connectivity index (χ1n) is 7.22. The summed E-state index contributed by atoms with van der Waals surface area (Å²) in [5.41, 5.74) is 0.968. The molecule has 1 aromatic carbocycles. The van der Waals surface area contributed by atoms with Crippen molar-refractivity contribution in [1.82, 2.24) is 10.3 Å². The standard InChI is InChI=1S/C16H17FN2O4/c1-2-3-13(16(21)22)19-14(20)8-12-9-23-15(18-12)10-4-6-11(17)7-5-10/h4-7,9,13H,2-3,8H2,1H3,(H,19,20)(H,21,22). The average molecular weight is 320 g/mol. The van der Waals surface area contributed by atoms with E-state index in [2.05, 4.69) is 10.3 Å². The van der Waals surface area contributed by atoms with Crippen LogP contribution in [0.4, 0.5) is 4.39 Å². The molecule has 0 fully saturated rings. The molecule has 1 aromatic heterocycles. The molecule has 1 atom stereocenters. The molecule has 2 rings (SSSR count). The van der Waals surface area contributed by atoms with Gasteiger partial charge < -0.3 is 14.8 Å². The third-order valence-corrected chi connectivity index (χ3v) is 3.20. The van der Waals surface area contributed by atoms with Crippen LogP contribution in [-0.2, 0) is 16.0 Å². The van der Waals surface area contributed by atoms with Gasteiger partial charge in [0.1, 0.15) is 18.1 Å². The molecule has 6 nitrogen and oxygen atoms in total. The van der Waals surface area contributed by atoms with Gasteiger partial charge >= 0.3 is 5.97 Å². The van der Waals surface area contributed by atoms with Crippen molar-refractivity contribution in [2.45, 2.75) is 32.2 Å². The minimum absolute atomic E-state index is 0.0851. The number of halogens is 1. The van der Waals surface area contributed by atoms with E-state index < -0.39 is 17.9 Å². The maximum absolute atomic E-state index is 12.9. The highest BCUT2D eigenvalue weighted by molar-refractivity contribution is 5.84. The lowest BCUT2D eigenvalue weighted by Crippen LogP contribution is -2.41. The Kier molecular flexibility index (Phi) is 5.46. The predicted molar refractivity (Wildman–Crippen MR) is 80.1 cm³/mol. The molecule has 0 aliphatic rings. The first kappa shape index (κ1) is 16.7. The van der Waals surface area contributed by atoms with Gasteiger partial charge in [-0.05, 0) is 30.7 Å². The molecule has 7 heteroatoms. The highest BCUT2D eigenvalue weighted by Gasteiger charge is 2.19. The number of carbonyl (C=O) groups excluding carboxylic acids is 1. The summed E-state index contributed by atoms with van der Waals surface area (Å²) in [6, 6.07) is 4.71. The second kappa shape index (κ2) is 7.53. The van der Waals surface area contributed by atoms with E-state index in [1.165, 1.54) is 30.5 Å². The van der Waals surface area contributed by atoms with Crippen molar-refractivity contribution in [3.63, 3.8) is 0 Å². The van der Waals surface area contributed by atoms with Crippen molar-refractivity contribution in [1.29, 1.82) is 0 Å². The molecule has 0 saturated heterocycles. The lowest BCUT2D eigenvalue weighted by Gasteiger charge is -2.12. The SMILES string of the molecule is CCCC(NC(=O)Cc1coc(-c2ccc(F)cc2)n1)C(=O)O. The molecule has 23 heavy (non-hydrogen) atoms. The van der Waals surface area contributed by atoms with Crippen LogP contribution < -0.4 is 5.32 Å². The van der Waals surface area contributed by atoms with Gasteiger partial charge in [0.25, 0.3) is 0 Å². The summed E-state index contributed by atoms with van der Waals surface area (Å²) in [5, 5.41) is 11.5. The number of benzene rings is 1. The number of hydrogen-bond donors (Lipinski definition) is 2. The van der Waals surface area contributed by atoms with Crippen LogP contribution in [0.3, 0.4) is 0 Å². The number of amides is 1. The van der Waals surface area contributed by atoms with Gasteiger partial charge in [-0.3, -0.25) is 4.79 Å². The Morgan fingerprint density at radius 2 is 2.04 bits per heavy atom. The fraction of sp³-hybridized carbons (Fsp3) is 0.312. The third-order valence-electron chi connectivity index (χ3n) is 3.20. The quantitative estimate of drug-likeness (QED) is 0.817. The van der Waals surface area contributed by atoms with Crippen LogP contribution in [0.5, 0.6) is 0 Å². The fourth-order valence-corrected chi connectivity index (χ4v) is 2.07. The van der Waals surface area contributed by atoms with Crippen LogP contribution in [0.2, 0.25) is 0 Å². The number of oxazole rings is 1. The molecule has 122 valence electrons. The summed E-state index contributed by atoms with van der Waals surface area (Å²) in [7, 11) is 0. The second-order valence-electron chi connectivity index (χ2n) is 5.07. The van der Waals surface area contributed by atoms with Crippen LogP contribution in [0, 0.1) is 5.82 Å². The Balaban J connectivity index is 1.99. The number of hydrogen-bond acceptors (Lipinski definition) is 4. The number of aromatic nitrogens is 1. The van der Waals surface area contributed by atoms with E-state index in [4.69, 9.17) is 9.52 Å². The van der Waals surface area contributed by atoms with Crippen LogP contribution >= 0.6 is 0 Å². The van der Waals surface area contributed by atoms with Gasteiger partial charge in [0.2, 0.25) is 11.8 Å². The summed E-state index contributed by atoms with van der Waals surface area (Å²) in [6.07, 6.45) is 2.25. The van der Waals surface area contributed by atoms with Crippen LogP contribution in [-0.4, -0.2) is 28.0 Å². The van der Waals surface area contributed by atoms with Gasteiger partial charge in [0.05, 0.1) is 12.1 Å². The third kappa shape index (κ3) is 4.64. The van der Waals surface area contributed by atoms with E-state index in [1.54, 1.807) is 0 Å². The first-order valence-corrected chi connectivity index (χ1v) is 7.22.